The Balaban J connectivity index is 1.74. The van der Waals surface area contributed by atoms with Gasteiger partial charge in [-0.2, -0.15) is 0 Å². The second kappa shape index (κ2) is 8.97. The van der Waals surface area contributed by atoms with Crippen molar-refractivity contribution in [1.82, 2.24) is 14.9 Å². The molecule has 0 bridgehead atoms. The first-order valence-corrected chi connectivity index (χ1v) is 11.4. The van der Waals surface area contributed by atoms with Gasteiger partial charge in [-0.3, -0.25) is 0 Å². The zero-order valence-corrected chi connectivity index (χ0v) is 18.2. The van der Waals surface area contributed by atoms with Gasteiger partial charge in [0.15, 0.2) is 5.96 Å². The van der Waals surface area contributed by atoms with Gasteiger partial charge in [-0.15, -0.1) is 0 Å². The Labute approximate surface area is 174 Å². The third kappa shape index (κ3) is 4.97. The van der Waals surface area contributed by atoms with E-state index >= 15 is 0 Å². The Morgan fingerprint density at radius 1 is 1.03 bits per heavy atom. The predicted molar refractivity (Wildman–Crippen MR) is 117 cm³/mol. The van der Waals surface area contributed by atoms with Crippen LogP contribution in [0.2, 0.25) is 0 Å². The lowest BCUT2D eigenvalue weighted by molar-refractivity contribution is 0.519. The molecule has 1 aliphatic rings. The molecular weight excluding hydrogens is 384 g/mol. The third-order valence-electron chi connectivity index (χ3n) is 5.32. The van der Waals surface area contributed by atoms with E-state index in [4.69, 9.17) is 0 Å². The second-order valence-electron chi connectivity index (χ2n) is 7.59. The number of hydrogen-bond donors (Lipinski definition) is 2. The van der Waals surface area contributed by atoms with Crippen LogP contribution in [0.15, 0.2) is 64.5 Å². The molecule has 0 unspecified atom stereocenters. The molecule has 0 aromatic heterocycles. The average Bonchev–Trinajstić information content (AvgIpc) is 3.52. The molecule has 156 valence electrons. The fourth-order valence-electron chi connectivity index (χ4n) is 3.35. The summed E-state index contributed by atoms with van der Waals surface area (Å²) in [6, 6.07) is 17.6. The van der Waals surface area contributed by atoms with Gasteiger partial charge in [0, 0.05) is 32.6 Å². The van der Waals surface area contributed by atoms with Crippen molar-refractivity contribution in [3.8, 4) is 0 Å². The van der Waals surface area contributed by atoms with Gasteiger partial charge in [-0.05, 0) is 37.0 Å². The van der Waals surface area contributed by atoms with E-state index in [1.54, 1.807) is 26.2 Å². The van der Waals surface area contributed by atoms with Gasteiger partial charge in [0.05, 0.1) is 11.4 Å². The molecule has 0 radical (unpaired) electrons. The number of nitrogens with zero attached hydrogens (tertiary/aromatic N) is 2. The number of rotatable bonds is 8. The molecule has 1 saturated carbocycles. The Kier molecular flexibility index (Phi) is 6.59. The number of hydrogen-bond acceptors (Lipinski definition) is 3. The van der Waals surface area contributed by atoms with Crippen LogP contribution in [0.4, 0.5) is 0 Å². The number of guanidine groups is 1. The van der Waals surface area contributed by atoms with E-state index in [-0.39, 0.29) is 12.0 Å². The summed E-state index contributed by atoms with van der Waals surface area (Å²) in [5.74, 6) is 0.701. The maximum Gasteiger partial charge on any atom is 0.242 e. The maximum atomic E-state index is 12.6. The smallest absolute Gasteiger partial charge is 0.242 e. The van der Waals surface area contributed by atoms with Gasteiger partial charge >= 0.3 is 0 Å². The molecule has 0 aliphatic heterocycles. The number of sulfonamides is 1. The molecule has 0 spiro atoms. The van der Waals surface area contributed by atoms with Crippen molar-refractivity contribution in [2.24, 2.45) is 4.99 Å². The van der Waals surface area contributed by atoms with Crippen molar-refractivity contribution in [2.75, 3.05) is 27.2 Å². The standard InChI is InChI=1S/C22H30N4O2S/c1-4-23-21(25-17-22(14-15-22)19-11-6-5-7-12-19)24-16-18-10-8-9-13-20(18)29(27,28)26(2)3/h5-13H,4,14-17H2,1-3H3,(H2,23,24,25). The summed E-state index contributed by atoms with van der Waals surface area (Å²) in [6.07, 6.45) is 2.32. The van der Waals surface area contributed by atoms with Crippen LogP contribution in [0.1, 0.15) is 30.9 Å². The molecule has 2 aromatic rings. The topological polar surface area (TPSA) is 73.8 Å². The lowest BCUT2D eigenvalue weighted by atomic mass is 9.96. The molecule has 1 fully saturated rings. The van der Waals surface area contributed by atoms with Crippen molar-refractivity contribution >= 4 is 16.0 Å². The highest BCUT2D eigenvalue weighted by molar-refractivity contribution is 7.89. The van der Waals surface area contributed by atoms with Crippen molar-refractivity contribution < 1.29 is 8.42 Å². The zero-order chi connectivity index (χ0) is 20.9. The first-order valence-electron chi connectivity index (χ1n) is 9.97. The van der Waals surface area contributed by atoms with E-state index in [1.807, 2.05) is 25.1 Å². The fourth-order valence-corrected chi connectivity index (χ4v) is 4.46. The highest BCUT2D eigenvalue weighted by atomic mass is 32.2. The molecule has 0 amide bonds. The predicted octanol–water partition coefficient (Wildman–Crippen LogP) is 2.72. The lowest BCUT2D eigenvalue weighted by Crippen LogP contribution is -2.41. The van der Waals surface area contributed by atoms with Crippen LogP contribution in [0.3, 0.4) is 0 Å². The summed E-state index contributed by atoms with van der Waals surface area (Å²) < 4.78 is 26.4. The highest BCUT2D eigenvalue weighted by Crippen LogP contribution is 2.47. The minimum Gasteiger partial charge on any atom is -0.357 e. The first-order chi connectivity index (χ1) is 13.9. The third-order valence-corrected chi connectivity index (χ3v) is 7.23. The summed E-state index contributed by atoms with van der Waals surface area (Å²) in [4.78, 5) is 4.95. The largest absolute Gasteiger partial charge is 0.357 e. The van der Waals surface area contributed by atoms with Gasteiger partial charge in [0.2, 0.25) is 10.0 Å². The van der Waals surface area contributed by atoms with Crippen molar-refractivity contribution in [1.29, 1.82) is 0 Å². The van der Waals surface area contributed by atoms with Gasteiger partial charge in [0.1, 0.15) is 0 Å². The van der Waals surface area contributed by atoms with E-state index in [0.29, 0.717) is 16.4 Å². The monoisotopic (exact) mass is 414 g/mol. The molecule has 1 aliphatic carbocycles. The summed E-state index contributed by atoms with van der Waals surface area (Å²) in [5.41, 5.74) is 2.21. The van der Waals surface area contributed by atoms with E-state index < -0.39 is 10.0 Å². The molecule has 0 atom stereocenters. The van der Waals surface area contributed by atoms with Crippen LogP contribution in [0, 0.1) is 0 Å². The SMILES string of the molecule is CCNC(=NCc1ccccc1S(=O)(=O)N(C)C)NCC1(c2ccccc2)CC1. The van der Waals surface area contributed by atoms with Crippen molar-refractivity contribution in [3.63, 3.8) is 0 Å². The summed E-state index contributed by atoms with van der Waals surface area (Å²) in [6.45, 7) is 3.85. The molecule has 6 nitrogen and oxygen atoms in total. The molecule has 29 heavy (non-hydrogen) atoms. The zero-order valence-electron chi connectivity index (χ0n) is 17.4. The quantitative estimate of drug-likeness (QED) is 0.515. The minimum absolute atomic E-state index is 0.170. The van der Waals surface area contributed by atoms with Gasteiger partial charge in [-0.1, -0.05) is 48.5 Å². The van der Waals surface area contributed by atoms with E-state index in [0.717, 1.165) is 25.9 Å². The maximum absolute atomic E-state index is 12.6. The molecule has 0 saturated heterocycles. The Bertz CT molecular complexity index is 952. The first kappa shape index (κ1) is 21.3. The average molecular weight is 415 g/mol. The summed E-state index contributed by atoms with van der Waals surface area (Å²) in [7, 11) is -0.423. The van der Waals surface area contributed by atoms with Crippen LogP contribution < -0.4 is 10.6 Å². The lowest BCUT2D eigenvalue weighted by Gasteiger charge is -2.19. The van der Waals surface area contributed by atoms with E-state index in [9.17, 15) is 8.42 Å². The Morgan fingerprint density at radius 3 is 2.31 bits per heavy atom. The normalized spacial score (nSPS) is 15.9. The van der Waals surface area contributed by atoms with Gasteiger partial charge in [0.25, 0.3) is 0 Å². The van der Waals surface area contributed by atoms with Crippen molar-refractivity contribution in [2.45, 2.75) is 36.6 Å². The number of nitrogens with one attached hydrogen (secondary N) is 2. The Hall–Kier alpha value is -2.38. The number of aliphatic imine (C=N–C) groups is 1. The van der Waals surface area contributed by atoms with E-state index in [1.165, 1.54) is 9.87 Å². The minimum atomic E-state index is -3.51. The van der Waals surface area contributed by atoms with Gasteiger partial charge in [-0.25, -0.2) is 17.7 Å². The molecule has 3 rings (SSSR count). The van der Waals surface area contributed by atoms with Crippen LogP contribution in [-0.4, -0.2) is 45.9 Å². The summed E-state index contributed by atoms with van der Waals surface area (Å²) in [5, 5.41) is 6.72. The van der Waals surface area contributed by atoms with Gasteiger partial charge < -0.3 is 10.6 Å². The van der Waals surface area contributed by atoms with Crippen LogP contribution in [-0.2, 0) is 22.0 Å². The molecule has 0 heterocycles. The molecular formula is C22H30N4O2S. The fraction of sp³-hybridized carbons (Fsp3) is 0.409. The number of benzene rings is 2. The molecule has 2 N–H and O–H groups in total. The Morgan fingerprint density at radius 2 is 1.69 bits per heavy atom. The molecule has 7 heteroatoms. The summed E-state index contributed by atoms with van der Waals surface area (Å²) >= 11 is 0. The second-order valence-corrected chi connectivity index (χ2v) is 9.71. The molecule has 2 aromatic carbocycles. The van der Waals surface area contributed by atoms with E-state index in [2.05, 4.69) is 39.9 Å². The van der Waals surface area contributed by atoms with Crippen molar-refractivity contribution in [3.05, 3.63) is 65.7 Å². The highest BCUT2D eigenvalue weighted by Gasteiger charge is 2.44. The van der Waals surface area contributed by atoms with Crippen LogP contribution >= 0.6 is 0 Å². The van der Waals surface area contributed by atoms with Crippen LogP contribution in [0.5, 0.6) is 0 Å². The van der Waals surface area contributed by atoms with Crippen LogP contribution in [0.25, 0.3) is 0 Å².